The molecule has 9 heteroatoms. The van der Waals surface area contributed by atoms with E-state index in [-0.39, 0.29) is 29.5 Å². The van der Waals surface area contributed by atoms with Gasteiger partial charge in [0, 0.05) is 45.8 Å². The van der Waals surface area contributed by atoms with Crippen molar-refractivity contribution in [1.82, 2.24) is 14.7 Å². The van der Waals surface area contributed by atoms with Gasteiger partial charge in [0.2, 0.25) is 5.91 Å². The molecule has 218 valence electrons. The summed E-state index contributed by atoms with van der Waals surface area (Å²) >= 11 is 0. The minimum Gasteiger partial charge on any atom is -0.459 e. The Hall–Kier alpha value is -3.88. The number of furan rings is 1. The Morgan fingerprint density at radius 1 is 0.929 bits per heavy atom. The first-order valence-corrected chi connectivity index (χ1v) is 15.5. The fourth-order valence-corrected chi connectivity index (χ4v) is 8.65. The first-order valence-electron chi connectivity index (χ1n) is 15.5. The van der Waals surface area contributed by atoms with Crippen LogP contribution in [0, 0.1) is 29.1 Å². The van der Waals surface area contributed by atoms with Crippen LogP contribution in [-0.2, 0) is 4.79 Å². The zero-order valence-electron chi connectivity index (χ0n) is 23.7. The van der Waals surface area contributed by atoms with Crippen molar-refractivity contribution in [3.8, 4) is 0 Å². The molecule has 4 heterocycles. The van der Waals surface area contributed by atoms with E-state index in [2.05, 4.69) is 17.1 Å². The summed E-state index contributed by atoms with van der Waals surface area (Å²) in [6.07, 6.45) is 11.4. The Labute approximate surface area is 245 Å². The number of piperazine rings is 1. The average molecular weight is 569 g/mol. The lowest BCUT2D eigenvalue weighted by atomic mass is 9.88. The lowest BCUT2D eigenvalue weighted by molar-refractivity contribution is -0.137. The van der Waals surface area contributed by atoms with Crippen LogP contribution in [0.2, 0.25) is 0 Å². The van der Waals surface area contributed by atoms with E-state index in [0.29, 0.717) is 79.3 Å². The number of anilines is 1. The highest BCUT2D eigenvalue weighted by atomic mass is 16.3. The number of imide groups is 1. The predicted molar refractivity (Wildman–Crippen MR) is 154 cm³/mol. The topological polar surface area (TPSA) is 94.4 Å². The molecule has 0 radical (unpaired) electrons. The SMILES string of the molecule is O=C(c1ccco1)N1CCN(C(=O)[C@H]2CCCN(c3cccc4c3C(=O)N(C[C@H]3C[C@H]5C=C[C@H]3C53CC3)C4=O)C2)CC1. The first kappa shape index (κ1) is 25.8. The van der Waals surface area contributed by atoms with Gasteiger partial charge >= 0.3 is 0 Å². The number of piperidine rings is 1. The van der Waals surface area contributed by atoms with Crippen molar-refractivity contribution in [3.05, 3.63) is 65.6 Å². The zero-order chi connectivity index (χ0) is 28.6. The lowest BCUT2D eigenvalue weighted by Gasteiger charge is -2.39. The molecule has 8 rings (SSSR count). The summed E-state index contributed by atoms with van der Waals surface area (Å²) in [6.45, 7) is 3.68. The average Bonchev–Trinajstić information content (AvgIpc) is 3.26. The van der Waals surface area contributed by atoms with E-state index in [9.17, 15) is 19.2 Å². The van der Waals surface area contributed by atoms with Crippen molar-refractivity contribution >= 4 is 29.3 Å². The Morgan fingerprint density at radius 2 is 1.74 bits per heavy atom. The molecular formula is C33H36N4O5. The Bertz CT molecular complexity index is 1490. The third-order valence-corrected chi connectivity index (χ3v) is 11.0. The van der Waals surface area contributed by atoms with E-state index >= 15 is 0 Å². The summed E-state index contributed by atoms with van der Waals surface area (Å²) in [5.41, 5.74) is 2.18. The number of rotatable bonds is 5. The van der Waals surface area contributed by atoms with Gasteiger partial charge in [-0.2, -0.15) is 0 Å². The summed E-state index contributed by atoms with van der Waals surface area (Å²) in [5, 5.41) is 0. The molecule has 3 aliphatic heterocycles. The molecule has 4 amide bonds. The maximum Gasteiger partial charge on any atom is 0.289 e. The molecule has 3 aliphatic carbocycles. The molecule has 1 spiro atoms. The number of fused-ring (bicyclic) bond motifs is 1. The van der Waals surface area contributed by atoms with Crippen LogP contribution in [0.15, 0.2) is 53.2 Å². The normalized spacial score (nSPS) is 29.1. The van der Waals surface area contributed by atoms with Crippen LogP contribution < -0.4 is 4.90 Å². The quantitative estimate of drug-likeness (QED) is 0.404. The molecule has 6 aliphatic rings. The number of benzene rings is 1. The van der Waals surface area contributed by atoms with Gasteiger partial charge in [0.1, 0.15) is 0 Å². The summed E-state index contributed by atoms with van der Waals surface area (Å²) in [7, 11) is 0. The van der Waals surface area contributed by atoms with Gasteiger partial charge in [0.15, 0.2) is 5.76 Å². The number of allylic oxidation sites excluding steroid dienone is 2. The van der Waals surface area contributed by atoms with Gasteiger partial charge in [-0.05, 0) is 79.5 Å². The molecule has 2 saturated carbocycles. The van der Waals surface area contributed by atoms with Gasteiger partial charge in [-0.15, -0.1) is 0 Å². The molecule has 4 atom stereocenters. The monoisotopic (exact) mass is 568 g/mol. The van der Waals surface area contributed by atoms with Gasteiger partial charge < -0.3 is 19.1 Å². The van der Waals surface area contributed by atoms with Crippen molar-refractivity contribution in [3.63, 3.8) is 0 Å². The molecule has 2 saturated heterocycles. The van der Waals surface area contributed by atoms with Crippen LogP contribution in [0.5, 0.6) is 0 Å². The van der Waals surface area contributed by atoms with Gasteiger partial charge in [0.25, 0.3) is 17.7 Å². The highest BCUT2D eigenvalue weighted by molar-refractivity contribution is 6.23. The van der Waals surface area contributed by atoms with Crippen molar-refractivity contribution < 1.29 is 23.6 Å². The molecule has 9 nitrogen and oxygen atoms in total. The summed E-state index contributed by atoms with van der Waals surface area (Å²) in [6, 6.07) is 8.93. The van der Waals surface area contributed by atoms with Crippen molar-refractivity contribution in [2.24, 2.45) is 29.1 Å². The van der Waals surface area contributed by atoms with Crippen molar-refractivity contribution in [1.29, 1.82) is 0 Å². The fraction of sp³-hybridized carbons (Fsp3) is 0.515. The minimum atomic E-state index is -0.194. The molecule has 0 unspecified atom stereocenters. The van der Waals surface area contributed by atoms with Gasteiger partial charge in [-0.1, -0.05) is 18.2 Å². The molecule has 4 fully saturated rings. The number of nitrogens with zero attached hydrogens (tertiary/aromatic N) is 4. The number of carbonyl (C=O) groups is 4. The standard InChI is InChI=1S/C33H36N4O5/c38-29(34-13-15-35(16-14-34)31(40)27-7-3-17-42-27)21-4-2-12-36(19-21)26-6-1-5-24-28(26)32(41)37(30(24)39)20-22-18-23-8-9-25(22)33(23)10-11-33/h1,3,5-9,17,21-23,25H,2,4,10-16,18-20H2/t21-,22+,23+,25+/m0/s1. The molecule has 0 N–H and O–H groups in total. The highest BCUT2D eigenvalue weighted by Crippen LogP contribution is 2.70. The molecule has 2 bridgehead atoms. The van der Waals surface area contributed by atoms with E-state index in [1.54, 1.807) is 23.1 Å². The highest BCUT2D eigenvalue weighted by Gasteiger charge is 2.63. The van der Waals surface area contributed by atoms with Crippen LogP contribution in [0.1, 0.15) is 63.4 Å². The van der Waals surface area contributed by atoms with E-state index < -0.39 is 0 Å². The van der Waals surface area contributed by atoms with E-state index in [1.165, 1.54) is 24.0 Å². The third kappa shape index (κ3) is 3.88. The molecule has 1 aromatic carbocycles. The van der Waals surface area contributed by atoms with Crippen LogP contribution in [-0.4, -0.2) is 84.1 Å². The second-order valence-electron chi connectivity index (χ2n) is 13.0. The third-order valence-electron chi connectivity index (χ3n) is 11.0. The maximum atomic E-state index is 13.8. The Balaban J connectivity index is 0.943. The number of amides is 4. The van der Waals surface area contributed by atoms with Crippen molar-refractivity contribution in [2.45, 2.75) is 32.1 Å². The Morgan fingerprint density at radius 3 is 2.48 bits per heavy atom. The Kier molecular flexibility index (Phi) is 5.88. The van der Waals surface area contributed by atoms with Crippen molar-refractivity contribution in [2.75, 3.05) is 50.7 Å². The van der Waals surface area contributed by atoms with Gasteiger partial charge in [-0.3, -0.25) is 24.1 Å². The summed E-state index contributed by atoms with van der Waals surface area (Å²) < 4.78 is 5.25. The van der Waals surface area contributed by atoms with Gasteiger partial charge in [-0.25, -0.2) is 0 Å². The van der Waals surface area contributed by atoms with Crippen LogP contribution in [0.3, 0.4) is 0 Å². The largest absolute Gasteiger partial charge is 0.459 e. The maximum absolute atomic E-state index is 13.8. The van der Waals surface area contributed by atoms with Crippen LogP contribution in [0.25, 0.3) is 0 Å². The lowest BCUT2D eigenvalue weighted by Crippen LogP contribution is -2.53. The van der Waals surface area contributed by atoms with E-state index in [1.807, 2.05) is 17.0 Å². The minimum absolute atomic E-state index is 0.0970. The second kappa shape index (κ2) is 9.57. The number of hydrogen-bond donors (Lipinski definition) is 0. The van der Waals surface area contributed by atoms with E-state index in [0.717, 1.165) is 31.5 Å². The zero-order valence-corrected chi connectivity index (χ0v) is 23.7. The predicted octanol–water partition coefficient (Wildman–Crippen LogP) is 3.68. The number of hydrogen-bond acceptors (Lipinski definition) is 6. The van der Waals surface area contributed by atoms with E-state index in [4.69, 9.17) is 4.42 Å². The van der Waals surface area contributed by atoms with Gasteiger partial charge in [0.05, 0.1) is 29.0 Å². The summed E-state index contributed by atoms with van der Waals surface area (Å²) in [4.78, 5) is 60.8. The fourth-order valence-electron chi connectivity index (χ4n) is 8.65. The second-order valence-corrected chi connectivity index (χ2v) is 13.0. The van der Waals surface area contributed by atoms with Crippen LogP contribution >= 0.6 is 0 Å². The summed E-state index contributed by atoms with van der Waals surface area (Å²) in [5.74, 6) is 1.16. The first-order chi connectivity index (χ1) is 20.4. The van der Waals surface area contributed by atoms with Crippen LogP contribution in [0.4, 0.5) is 5.69 Å². The molecular weight excluding hydrogens is 532 g/mol. The molecule has 42 heavy (non-hydrogen) atoms. The molecule has 1 aromatic heterocycles. The smallest absolute Gasteiger partial charge is 0.289 e. The number of carbonyl (C=O) groups excluding carboxylic acids is 4. The molecule has 2 aromatic rings.